The topological polar surface area (TPSA) is 88.4 Å². The van der Waals surface area contributed by atoms with Crippen molar-refractivity contribution in [3.8, 4) is 0 Å². The number of nitrogens with zero attached hydrogens (tertiary/aromatic N) is 1. The van der Waals surface area contributed by atoms with Gasteiger partial charge in [0.15, 0.2) is 0 Å². The van der Waals surface area contributed by atoms with Crippen molar-refractivity contribution in [2.45, 2.75) is 116 Å². The fraction of sp³-hybridized carbons (Fsp3) is 0.688. The van der Waals surface area contributed by atoms with Gasteiger partial charge in [-0.1, -0.05) is 25.2 Å². The number of carbonyl (C=O) groups excluding carboxylic acids is 1. The van der Waals surface area contributed by atoms with E-state index < -0.39 is 12.2 Å². The van der Waals surface area contributed by atoms with E-state index in [-0.39, 0.29) is 35.6 Å². The van der Waals surface area contributed by atoms with Crippen LogP contribution in [0, 0.1) is 17.3 Å². The summed E-state index contributed by atoms with van der Waals surface area (Å²) in [5.74, 6) is 0.129. The van der Waals surface area contributed by atoms with Gasteiger partial charge in [-0.2, -0.15) is 0 Å². The summed E-state index contributed by atoms with van der Waals surface area (Å²) < 4.78 is 12.1. The molecule has 1 spiro atoms. The Morgan fingerprint density at radius 3 is 2.58 bits per heavy atom. The van der Waals surface area contributed by atoms with Crippen LogP contribution in [-0.2, 0) is 14.3 Å². The number of fused-ring (bicyclic) bond motifs is 2. The van der Waals surface area contributed by atoms with Crippen molar-refractivity contribution in [3.05, 3.63) is 46.6 Å². The lowest BCUT2D eigenvalue weighted by Gasteiger charge is -2.48. The van der Waals surface area contributed by atoms with E-state index in [9.17, 15) is 15.0 Å². The quantitative estimate of drug-likeness (QED) is 0.355. The molecule has 2 bridgehead atoms. The summed E-state index contributed by atoms with van der Waals surface area (Å²) in [6, 6.07) is 0. The highest BCUT2D eigenvalue weighted by Crippen LogP contribution is 2.53. The lowest BCUT2D eigenvalue weighted by atomic mass is 9.57. The van der Waals surface area contributed by atoms with Gasteiger partial charge in [0.25, 0.3) is 0 Å². The number of rotatable bonds is 1. The summed E-state index contributed by atoms with van der Waals surface area (Å²) in [5.41, 5.74) is 5.86. The number of ether oxygens (including phenoxy) is 2. The summed E-state index contributed by atoms with van der Waals surface area (Å²) >= 11 is 0. The number of aliphatic imine (C=N–C) groups is 1. The SMILES string of the molecule is C=C1[C@H](O)CCC2=NCCC[C@@]23CCC([C@@H]2C=C(C)C(=O)O2)=C(C)[C@@H]3C=C(C)[C@@H](O)CC[C@H]2C[C@@H](C)[C@@H]1O2. The number of allylic oxidation sites excluding steroid dienone is 2. The van der Waals surface area contributed by atoms with E-state index in [1.165, 1.54) is 16.9 Å². The summed E-state index contributed by atoms with van der Waals surface area (Å²) in [4.78, 5) is 17.3. The van der Waals surface area contributed by atoms with Gasteiger partial charge in [0.05, 0.1) is 24.4 Å². The number of esters is 1. The van der Waals surface area contributed by atoms with Crippen LogP contribution in [-0.4, -0.2) is 59.0 Å². The van der Waals surface area contributed by atoms with Crippen LogP contribution in [0.4, 0.5) is 0 Å². The minimum atomic E-state index is -0.629. The zero-order chi connectivity index (χ0) is 27.2. The van der Waals surface area contributed by atoms with Crippen LogP contribution >= 0.6 is 0 Å². The largest absolute Gasteiger partial charge is 0.450 e. The molecular formula is C32H45NO5. The summed E-state index contributed by atoms with van der Waals surface area (Å²) in [6.07, 6.45) is 10.2. The fourth-order valence-electron chi connectivity index (χ4n) is 7.70. The van der Waals surface area contributed by atoms with Gasteiger partial charge < -0.3 is 19.7 Å². The molecule has 38 heavy (non-hydrogen) atoms. The first kappa shape index (κ1) is 27.5. The fourth-order valence-corrected chi connectivity index (χ4v) is 7.70. The van der Waals surface area contributed by atoms with Crippen LogP contribution in [0.25, 0.3) is 0 Å². The second-order valence-corrected chi connectivity index (χ2v) is 12.5. The molecule has 1 saturated heterocycles. The molecule has 0 aromatic rings. The Morgan fingerprint density at radius 1 is 1.05 bits per heavy atom. The maximum absolute atomic E-state index is 12.2. The summed E-state index contributed by atoms with van der Waals surface area (Å²) in [7, 11) is 0. The average molecular weight is 524 g/mol. The van der Waals surface area contributed by atoms with E-state index in [2.05, 4.69) is 26.5 Å². The standard InChI is InChI=1S/C32H45NO5/c1-18-16-25-21(4)24(28-17-20(3)31(36)38-28)11-13-32(25)12-6-14-33-29(32)10-9-27(35)22(5)30-19(2)15-23(37-30)7-8-26(18)34/h16-17,19,23,25-28,30,34-35H,5-15H2,1-4H3/t19-,23+,25+,26+,27-,28+,30+,32+/m1/s1. The van der Waals surface area contributed by atoms with Crippen LogP contribution in [0.5, 0.6) is 0 Å². The Bertz CT molecular complexity index is 1100. The molecule has 1 fully saturated rings. The second kappa shape index (κ2) is 10.9. The Hall–Kier alpha value is -2.02. The van der Waals surface area contributed by atoms with E-state index in [4.69, 9.17) is 14.5 Å². The highest BCUT2D eigenvalue weighted by atomic mass is 16.5. The Labute approximate surface area is 227 Å². The number of cyclic esters (lactones) is 1. The summed E-state index contributed by atoms with van der Waals surface area (Å²) in [5, 5.41) is 22.4. The molecule has 6 nitrogen and oxygen atoms in total. The molecule has 8 atom stereocenters. The van der Waals surface area contributed by atoms with Gasteiger partial charge >= 0.3 is 5.97 Å². The summed E-state index contributed by atoms with van der Waals surface area (Å²) in [6.45, 7) is 13.3. The molecule has 5 aliphatic rings. The maximum Gasteiger partial charge on any atom is 0.334 e. The predicted molar refractivity (Wildman–Crippen MR) is 149 cm³/mol. The molecule has 0 amide bonds. The molecule has 4 aliphatic heterocycles. The van der Waals surface area contributed by atoms with Crippen molar-refractivity contribution in [3.63, 3.8) is 0 Å². The number of hydrogen-bond acceptors (Lipinski definition) is 6. The molecule has 1 aliphatic carbocycles. The van der Waals surface area contributed by atoms with Crippen LogP contribution in [0.1, 0.15) is 85.5 Å². The molecule has 0 unspecified atom stereocenters. The molecule has 0 aromatic carbocycles. The molecular weight excluding hydrogens is 478 g/mol. The first-order chi connectivity index (χ1) is 18.1. The van der Waals surface area contributed by atoms with Crippen LogP contribution in [0.2, 0.25) is 0 Å². The molecule has 0 saturated carbocycles. The van der Waals surface area contributed by atoms with Crippen molar-refractivity contribution in [2.75, 3.05) is 6.54 Å². The molecule has 208 valence electrons. The van der Waals surface area contributed by atoms with Crippen molar-refractivity contribution in [1.29, 1.82) is 0 Å². The van der Waals surface area contributed by atoms with Gasteiger partial charge in [0.2, 0.25) is 0 Å². The van der Waals surface area contributed by atoms with E-state index in [0.29, 0.717) is 24.3 Å². The number of aliphatic hydroxyl groups is 2. The average Bonchev–Trinajstić information content (AvgIpc) is 3.43. The van der Waals surface area contributed by atoms with Crippen molar-refractivity contribution < 1.29 is 24.5 Å². The van der Waals surface area contributed by atoms with Gasteiger partial charge in [-0.05, 0) is 107 Å². The molecule has 0 aromatic heterocycles. The van der Waals surface area contributed by atoms with E-state index >= 15 is 0 Å². The van der Waals surface area contributed by atoms with E-state index in [0.717, 1.165) is 62.6 Å². The molecule has 0 radical (unpaired) electrons. The normalized spacial score (nSPS) is 40.8. The van der Waals surface area contributed by atoms with Crippen molar-refractivity contribution in [1.82, 2.24) is 0 Å². The smallest absolute Gasteiger partial charge is 0.334 e. The Morgan fingerprint density at radius 2 is 1.84 bits per heavy atom. The minimum absolute atomic E-state index is 0.0613. The lowest BCUT2D eigenvalue weighted by Crippen LogP contribution is -2.45. The minimum Gasteiger partial charge on any atom is -0.450 e. The van der Waals surface area contributed by atoms with Crippen LogP contribution in [0.15, 0.2) is 51.6 Å². The van der Waals surface area contributed by atoms with Gasteiger partial charge in [0.1, 0.15) is 6.10 Å². The monoisotopic (exact) mass is 523 g/mol. The number of carbonyl (C=O) groups is 1. The molecule has 6 heteroatoms. The Kier molecular flexibility index (Phi) is 7.87. The first-order valence-corrected chi connectivity index (χ1v) is 14.6. The highest BCUT2D eigenvalue weighted by Gasteiger charge is 2.48. The van der Waals surface area contributed by atoms with Crippen LogP contribution < -0.4 is 0 Å². The number of aliphatic hydroxyl groups excluding tert-OH is 2. The molecule has 4 heterocycles. The van der Waals surface area contributed by atoms with Crippen LogP contribution in [0.3, 0.4) is 0 Å². The maximum atomic E-state index is 12.2. The lowest BCUT2D eigenvalue weighted by molar-refractivity contribution is -0.138. The highest BCUT2D eigenvalue weighted by molar-refractivity contribution is 5.93. The van der Waals surface area contributed by atoms with Gasteiger partial charge in [-0.15, -0.1) is 0 Å². The first-order valence-electron chi connectivity index (χ1n) is 14.6. The third-order valence-corrected chi connectivity index (χ3v) is 10.0. The second-order valence-electron chi connectivity index (χ2n) is 12.5. The third kappa shape index (κ3) is 5.00. The predicted octanol–water partition coefficient (Wildman–Crippen LogP) is 5.40. The van der Waals surface area contributed by atoms with E-state index in [1.54, 1.807) is 0 Å². The van der Waals surface area contributed by atoms with Gasteiger partial charge in [-0.3, -0.25) is 4.99 Å². The zero-order valence-corrected chi connectivity index (χ0v) is 23.5. The Balaban J connectivity index is 1.55. The number of hydrogen-bond donors (Lipinski definition) is 2. The van der Waals surface area contributed by atoms with Crippen molar-refractivity contribution >= 4 is 11.7 Å². The zero-order valence-electron chi connectivity index (χ0n) is 23.5. The molecule has 5 rings (SSSR count). The van der Waals surface area contributed by atoms with Crippen molar-refractivity contribution in [2.24, 2.45) is 22.2 Å². The third-order valence-electron chi connectivity index (χ3n) is 10.0. The van der Waals surface area contributed by atoms with Gasteiger partial charge in [-0.25, -0.2) is 4.79 Å². The van der Waals surface area contributed by atoms with E-state index in [1.807, 2.05) is 19.9 Å². The van der Waals surface area contributed by atoms with Gasteiger partial charge in [0, 0.05) is 29.2 Å². The molecule has 2 N–H and O–H groups in total.